The van der Waals surface area contributed by atoms with Crippen LogP contribution in [-0.2, 0) is 9.59 Å². The number of rotatable bonds is 13. The molecular weight excluding hydrogens is 300 g/mol. The van der Waals surface area contributed by atoms with Gasteiger partial charge in [-0.25, -0.2) is 0 Å². The van der Waals surface area contributed by atoms with Gasteiger partial charge in [-0.2, -0.15) is 0 Å². The van der Waals surface area contributed by atoms with Gasteiger partial charge < -0.3 is 5.11 Å². The second-order valence-corrected chi connectivity index (χ2v) is 7.43. The molecule has 0 aliphatic heterocycles. The molecule has 24 heavy (non-hydrogen) atoms. The number of carboxylic acid groups (broad SMARTS) is 1. The highest BCUT2D eigenvalue weighted by molar-refractivity contribution is 5.83. The summed E-state index contributed by atoms with van der Waals surface area (Å²) in [5, 5.41) is 8.88. The molecule has 0 saturated heterocycles. The van der Waals surface area contributed by atoms with Crippen molar-refractivity contribution in [3.63, 3.8) is 0 Å². The third-order valence-electron chi connectivity index (χ3n) is 5.34. The average Bonchev–Trinajstić information content (AvgIpc) is 2.90. The zero-order chi connectivity index (χ0) is 17.8. The van der Waals surface area contributed by atoms with Crippen molar-refractivity contribution >= 4 is 11.8 Å². The molecule has 1 aliphatic rings. The van der Waals surface area contributed by atoms with E-state index < -0.39 is 5.97 Å². The molecule has 0 bridgehead atoms. The van der Waals surface area contributed by atoms with Crippen LogP contribution in [-0.4, -0.2) is 16.9 Å². The number of hydrogen-bond acceptors (Lipinski definition) is 2. The van der Waals surface area contributed by atoms with Crippen molar-refractivity contribution in [1.29, 1.82) is 0 Å². The van der Waals surface area contributed by atoms with Crippen molar-refractivity contribution in [2.24, 2.45) is 17.8 Å². The summed E-state index contributed by atoms with van der Waals surface area (Å²) in [4.78, 5) is 22.9. The van der Waals surface area contributed by atoms with E-state index in [2.05, 4.69) is 19.1 Å². The number of hydrogen-bond donors (Lipinski definition) is 1. The van der Waals surface area contributed by atoms with Crippen LogP contribution in [0.15, 0.2) is 12.2 Å². The molecule has 0 radical (unpaired) electrons. The Balaban J connectivity index is 2.22. The minimum Gasteiger partial charge on any atom is -0.481 e. The van der Waals surface area contributed by atoms with Crippen LogP contribution in [0.1, 0.15) is 90.9 Å². The molecule has 1 N–H and O–H groups in total. The SMILES string of the molecule is CCCCCC/C=C/[C@H]1CCC(=O)[C@@H]1CCCCCC(C)C(=O)O. The van der Waals surface area contributed by atoms with Gasteiger partial charge in [-0.3, -0.25) is 9.59 Å². The second kappa shape index (κ2) is 12.3. The molecule has 3 nitrogen and oxygen atoms in total. The normalized spacial score (nSPS) is 22.3. The van der Waals surface area contributed by atoms with Gasteiger partial charge in [0, 0.05) is 12.3 Å². The average molecular weight is 337 g/mol. The summed E-state index contributed by atoms with van der Waals surface area (Å²) in [7, 11) is 0. The highest BCUT2D eigenvalue weighted by Crippen LogP contribution is 2.34. The summed E-state index contributed by atoms with van der Waals surface area (Å²) in [5.74, 6) is 0.150. The second-order valence-electron chi connectivity index (χ2n) is 7.43. The van der Waals surface area contributed by atoms with Gasteiger partial charge >= 0.3 is 5.97 Å². The molecule has 0 aromatic heterocycles. The minimum absolute atomic E-state index is 0.216. The Morgan fingerprint density at radius 2 is 1.96 bits per heavy atom. The Morgan fingerprint density at radius 3 is 2.67 bits per heavy atom. The third-order valence-corrected chi connectivity index (χ3v) is 5.34. The number of carboxylic acids is 1. The lowest BCUT2D eigenvalue weighted by Crippen LogP contribution is -2.13. The molecule has 0 spiro atoms. The first-order chi connectivity index (χ1) is 11.6. The highest BCUT2D eigenvalue weighted by atomic mass is 16.4. The van der Waals surface area contributed by atoms with Crippen molar-refractivity contribution in [2.75, 3.05) is 0 Å². The lowest BCUT2D eigenvalue weighted by Gasteiger charge is -2.15. The molecule has 0 amide bonds. The van der Waals surface area contributed by atoms with Crippen LogP contribution in [0, 0.1) is 17.8 Å². The molecule has 138 valence electrons. The van der Waals surface area contributed by atoms with Gasteiger partial charge in [-0.05, 0) is 38.0 Å². The Bertz CT molecular complexity index is 400. The summed E-state index contributed by atoms with van der Waals surface area (Å²) in [6.45, 7) is 4.00. The summed E-state index contributed by atoms with van der Waals surface area (Å²) in [6, 6.07) is 0. The van der Waals surface area contributed by atoms with Crippen molar-refractivity contribution < 1.29 is 14.7 Å². The maximum absolute atomic E-state index is 12.1. The molecule has 1 rings (SSSR count). The molecule has 3 atom stereocenters. The summed E-state index contributed by atoms with van der Waals surface area (Å²) < 4.78 is 0. The maximum Gasteiger partial charge on any atom is 0.306 e. The number of carbonyl (C=O) groups is 2. The van der Waals surface area contributed by atoms with Crippen molar-refractivity contribution in [1.82, 2.24) is 0 Å². The number of unbranched alkanes of at least 4 members (excludes halogenated alkanes) is 6. The Hall–Kier alpha value is -1.12. The lowest BCUT2D eigenvalue weighted by molar-refractivity contribution is -0.141. The number of aliphatic carboxylic acids is 1. The molecule has 1 saturated carbocycles. The monoisotopic (exact) mass is 336 g/mol. The third kappa shape index (κ3) is 8.12. The van der Waals surface area contributed by atoms with Crippen LogP contribution in [0.3, 0.4) is 0 Å². The first-order valence-electron chi connectivity index (χ1n) is 9.98. The fourth-order valence-electron chi connectivity index (χ4n) is 3.61. The van der Waals surface area contributed by atoms with E-state index in [0.29, 0.717) is 11.7 Å². The van der Waals surface area contributed by atoms with Crippen LogP contribution < -0.4 is 0 Å². The largest absolute Gasteiger partial charge is 0.481 e. The van der Waals surface area contributed by atoms with Gasteiger partial charge in [-0.1, -0.05) is 64.5 Å². The summed E-state index contributed by atoms with van der Waals surface area (Å²) in [5.41, 5.74) is 0. The smallest absolute Gasteiger partial charge is 0.306 e. The van der Waals surface area contributed by atoms with Crippen LogP contribution in [0.4, 0.5) is 0 Å². The first-order valence-corrected chi connectivity index (χ1v) is 9.98. The number of allylic oxidation sites excluding steroid dienone is 2. The molecular formula is C21H36O3. The van der Waals surface area contributed by atoms with Gasteiger partial charge in [0.2, 0.25) is 0 Å². The molecule has 0 heterocycles. The molecule has 3 heteroatoms. The highest BCUT2D eigenvalue weighted by Gasteiger charge is 2.32. The van der Waals surface area contributed by atoms with Gasteiger partial charge in [0.1, 0.15) is 5.78 Å². The predicted octanol–water partition coefficient (Wildman–Crippen LogP) is 5.78. The van der Waals surface area contributed by atoms with E-state index in [1.807, 2.05) is 0 Å². The standard InChI is InChI=1S/C21H36O3/c1-3-4-5-6-7-10-13-18-15-16-20(22)19(18)14-11-8-9-12-17(2)21(23)24/h10,13,17-19H,3-9,11-12,14-16H2,1-2H3,(H,23,24)/b13-10+/t17?,18-,19+/m0/s1. The number of ketones is 1. The van der Waals surface area contributed by atoms with Crippen molar-refractivity contribution in [2.45, 2.75) is 90.9 Å². The van der Waals surface area contributed by atoms with E-state index in [9.17, 15) is 9.59 Å². The molecule has 0 aromatic carbocycles. The van der Waals surface area contributed by atoms with Gasteiger partial charge in [0.15, 0.2) is 0 Å². The van der Waals surface area contributed by atoms with E-state index in [0.717, 1.165) is 51.4 Å². The topological polar surface area (TPSA) is 54.4 Å². The molecule has 1 aliphatic carbocycles. The van der Waals surface area contributed by atoms with Crippen molar-refractivity contribution in [3.05, 3.63) is 12.2 Å². The maximum atomic E-state index is 12.1. The van der Waals surface area contributed by atoms with E-state index in [1.165, 1.54) is 25.7 Å². The van der Waals surface area contributed by atoms with E-state index in [4.69, 9.17) is 5.11 Å². The van der Waals surface area contributed by atoms with Crippen LogP contribution in [0.5, 0.6) is 0 Å². The van der Waals surface area contributed by atoms with E-state index in [-0.39, 0.29) is 11.8 Å². The zero-order valence-corrected chi connectivity index (χ0v) is 15.6. The molecule has 1 unspecified atom stereocenters. The number of Topliss-reactive ketones (excluding diaryl/α,β-unsaturated/α-hetero) is 1. The van der Waals surface area contributed by atoms with E-state index >= 15 is 0 Å². The summed E-state index contributed by atoms with van der Waals surface area (Å²) >= 11 is 0. The van der Waals surface area contributed by atoms with Gasteiger partial charge in [0.25, 0.3) is 0 Å². The molecule has 0 aromatic rings. The predicted molar refractivity (Wildman–Crippen MR) is 99.0 cm³/mol. The summed E-state index contributed by atoms with van der Waals surface area (Å²) in [6.07, 6.45) is 17.4. The van der Waals surface area contributed by atoms with Gasteiger partial charge in [-0.15, -0.1) is 0 Å². The first kappa shape index (κ1) is 20.9. The minimum atomic E-state index is -0.704. The molecule has 1 fully saturated rings. The van der Waals surface area contributed by atoms with Crippen LogP contribution >= 0.6 is 0 Å². The number of carbonyl (C=O) groups excluding carboxylic acids is 1. The Kier molecular flexibility index (Phi) is 10.7. The van der Waals surface area contributed by atoms with Crippen LogP contribution in [0.25, 0.3) is 0 Å². The Labute approximate surface area is 147 Å². The Morgan fingerprint density at radius 1 is 1.21 bits per heavy atom. The van der Waals surface area contributed by atoms with E-state index in [1.54, 1.807) is 6.92 Å². The van der Waals surface area contributed by atoms with Crippen LogP contribution in [0.2, 0.25) is 0 Å². The fraction of sp³-hybridized carbons (Fsp3) is 0.810. The zero-order valence-electron chi connectivity index (χ0n) is 15.6. The quantitative estimate of drug-likeness (QED) is 0.342. The fourth-order valence-corrected chi connectivity index (χ4v) is 3.61. The van der Waals surface area contributed by atoms with Gasteiger partial charge in [0.05, 0.1) is 5.92 Å². The van der Waals surface area contributed by atoms with Crippen molar-refractivity contribution in [3.8, 4) is 0 Å². The lowest BCUT2D eigenvalue weighted by atomic mass is 9.89.